The van der Waals surface area contributed by atoms with Gasteiger partial charge in [0.2, 0.25) is 29.1 Å². The van der Waals surface area contributed by atoms with Gasteiger partial charge in [0.1, 0.15) is 0 Å². The number of carboxylic acid groups (broad SMARTS) is 1. The Kier molecular flexibility index (Phi) is 11.6. The van der Waals surface area contributed by atoms with E-state index in [1.807, 2.05) is 0 Å². The van der Waals surface area contributed by atoms with Crippen LogP contribution in [0.5, 0.6) is 0 Å². The summed E-state index contributed by atoms with van der Waals surface area (Å²) in [7, 11) is -8.54. The van der Waals surface area contributed by atoms with E-state index in [9.17, 15) is 40.1 Å². The third-order valence-electron chi connectivity index (χ3n) is 5.78. The second kappa shape index (κ2) is 15.2. The van der Waals surface area contributed by atoms with E-state index in [-0.39, 0.29) is 75.6 Å². The lowest BCUT2D eigenvalue weighted by Crippen LogP contribution is -2.25. The van der Waals surface area contributed by atoms with Crippen molar-refractivity contribution in [1.82, 2.24) is 19.7 Å². The van der Waals surface area contributed by atoms with E-state index < -0.39 is 47.3 Å². The van der Waals surface area contributed by atoms with Crippen LogP contribution in [-0.2, 0) is 45.1 Å². The van der Waals surface area contributed by atoms with E-state index in [1.54, 1.807) is 6.07 Å². The molecule has 1 aromatic heterocycles. The minimum atomic E-state index is -4.91. The molecule has 0 radical (unpaired) electrons. The highest BCUT2D eigenvalue weighted by molar-refractivity contribution is 7.94. The second-order valence-electron chi connectivity index (χ2n) is 8.80. The maximum absolute atomic E-state index is 12.2. The van der Waals surface area contributed by atoms with Crippen molar-refractivity contribution in [3.05, 3.63) is 54.1 Å². The Morgan fingerprint density at radius 1 is 0.894 bits per heavy atom. The van der Waals surface area contributed by atoms with Gasteiger partial charge in [-0.1, -0.05) is 17.2 Å². The van der Waals surface area contributed by atoms with E-state index >= 15 is 0 Å². The minimum absolute atomic E-state index is 0.0127. The van der Waals surface area contributed by atoms with Crippen LogP contribution in [0.4, 0.5) is 29.2 Å². The Labute approximate surface area is 272 Å². The number of hydrogen-bond donors (Lipinski definition) is 8. The van der Waals surface area contributed by atoms with Gasteiger partial charge in [-0.05, 0) is 41.8 Å². The standard InChI is InChI=1S/C23H23N7O13S4/c1-41-45(34)25-7-6-24-21-28-22(26-16-5-3-2-4-15(16)20(31)32)30-23(29-21)27-17-10-13(46(35,36)37)8-12-9-14(47(38,39)40)11-18(19(12)17)44-43-42-33/h2-5,8-11,25,33H,6-7H2,1H3,(H,31,32)(H,35,36,37)(H,38,39,40)(H3,24,26,27,28,29,30). The number of carbonyl (C=O) groups is 1. The van der Waals surface area contributed by atoms with E-state index in [0.717, 1.165) is 24.3 Å². The number of fused-ring (bicyclic) bond motifs is 1. The highest BCUT2D eigenvalue weighted by Gasteiger charge is 2.22. The van der Waals surface area contributed by atoms with Crippen LogP contribution in [0.3, 0.4) is 0 Å². The molecule has 1 atom stereocenters. The molecule has 20 nitrogen and oxygen atoms in total. The van der Waals surface area contributed by atoms with E-state index in [1.165, 1.54) is 25.3 Å². The van der Waals surface area contributed by atoms with Crippen molar-refractivity contribution in [2.75, 3.05) is 36.1 Å². The van der Waals surface area contributed by atoms with E-state index in [4.69, 9.17) is 5.26 Å². The van der Waals surface area contributed by atoms with Gasteiger partial charge in [-0.3, -0.25) is 13.3 Å². The quantitative estimate of drug-likeness (QED) is 0.0269. The number of hydrogen-bond acceptors (Lipinski definition) is 17. The van der Waals surface area contributed by atoms with Crippen molar-refractivity contribution >= 4 is 89.5 Å². The summed E-state index contributed by atoms with van der Waals surface area (Å²) in [5.74, 6) is -1.87. The molecule has 0 aliphatic rings. The molecule has 0 spiro atoms. The predicted molar refractivity (Wildman–Crippen MR) is 166 cm³/mol. The van der Waals surface area contributed by atoms with E-state index in [0.29, 0.717) is 0 Å². The summed E-state index contributed by atoms with van der Waals surface area (Å²) in [4.78, 5) is 22.9. The van der Waals surface area contributed by atoms with Gasteiger partial charge in [0.15, 0.2) is 0 Å². The lowest BCUT2D eigenvalue weighted by atomic mass is 10.1. The van der Waals surface area contributed by atoms with Crippen LogP contribution in [0.15, 0.2) is 63.2 Å². The molecule has 0 bridgehead atoms. The average Bonchev–Trinajstić information content (AvgIpc) is 3.00. The van der Waals surface area contributed by atoms with Crippen LogP contribution >= 0.6 is 12.0 Å². The topological polar surface area (TPSA) is 298 Å². The maximum Gasteiger partial charge on any atom is 0.337 e. The predicted octanol–water partition coefficient (Wildman–Crippen LogP) is 2.36. The smallest absolute Gasteiger partial charge is 0.337 e. The van der Waals surface area contributed by atoms with Crippen molar-refractivity contribution in [1.29, 1.82) is 0 Å². The fourth-order valence-corrected chi connectivity index (χ4v) is 6.03. The zero-order chi connectivity index (χ0) is 34.4. The molecule has 8 N–H and O–H groups in total. The summed E-state index contributed by atoms with van der Waals surface area (Å²) in [5.41, 5.74) is -0.207. The van der Waals surface area contributed by atoms with Gasteiger partial charge < -0.3 is 21.1 Å². The zero-order valence-corrected chi connectivity index (χ0v) is 26.7. The van der Waals surface area contributed by atoms with Crippen molar-refractivity contribution in [3.8, 4) is 0 Å². The van der Waals surface area contributed by atoms with E-state index in [2.05, 4.69) is 49.2 Å². The van der Waals surface area contributed by atoms with Crippen molar-refractivity contribution in [2.24, 2.45) is 0 Å². The molecule has 1 unspecified atom stereocenters. The molecule has 3 aromatic carbocycles. The van der Waals surface area contributed by atoms with Crippen molar-refractivity contribution in [3.63, 3.8) is 0 Å². The number of anilines is 5. The Hall–Kier alpha value is -4.08. The Morgan fingerprint density at radius 2 is 1.49 bits per heavy atom. The Balaban J connectivity index is 1.87. The fourth-order valence-electron chi connectivity index (χ4n) is 3.89. The first-order chi connectivity index (χ1) is 22.2. The molecule has 0 aliphatic heterocycles. The van der Waals surface area contributed by atoms with Gasteiger partial charge >= 0.3 is 5.97 Å². The summed E-state index contributed by atoms with van der Waals surface area (Å²) < 4.78 is 90.8. The van der Waals surface area contributed by atoms with Crippen LogP contribution in [0.1, 0.15) is 10.4 Å². The number of rotatable bonds is 16. The molecule has 252 valence electrons. The fraction of sp³-hybridized carbons (Fsp3) is 0.130. The first-order valence-corrected chi connectivity index (χ1v) is 17.2. The maximum atomic E-state index is 12.2. The summed E-state index contributed by atoms with van der Waals surface area (Å²) in [6, 6.07) is 9.51. The normalized spacial score (nSPS) is 12.5. The largest absolute Gasteiger partial charge is 0.478 e. The first kappa shape index (κ1) is 35.8. The van der Waals surface area contributed by atoms with Gasteiger partial charge in [0, 0.05) is 23.4 Å². The van der Waals surface area contributed by atoms with Crippen LogP contribution in [-0.4, -0.2) is 81.6 Å². The van der Waals surface area contributed by atoms with Gasteiger partial charge in [0.05, 0.1) is 45.9 Å². The van der Waals surface area contributed by atoms with Gasteiger partial charge in [0.25, 0.3) is 20.2 Å². The van der Waals surface area contributed by atoms with Gasteiger partial charge in [-0.15, -0.1) is 4.33 Å². The molecular formula is C23H23N7O13S4. The number of carboxylic acids is 1. The number of benzene rings is 3. The molecule has 24 heteroatoms. The lowest BCUT2D eigenvalue weighted by Gasteiger charge is -2.16. The van der Waals surface area contributed by atoms with Crippen molar-refractivity contribution < 1.29 is 58.9 Å². The number of nitrogens with one attached hydrogen (secondary N) is 4. The molecule has 4 aromatic rings. The third-order valence-corrected chi connectivity index (χ3v) is 8.81. The zero-order valence-electron chi connectivity index (χ0n) is 23.5. The molecule has 47 heavy (non-hydrogen) atoms. The van der Waals surface area contributed by atoms with Crippen LogP contribution in [0, 0.1) is 0 Å². The van der Waals surface area contributed by atoms with Gasteiger partial charge in [-0.2, -0.15) is 31.8 Å². The third kappa shape index (κ3) is 9.49. The number of para-hydroxylation sites is 1. The average molecular weight is 734 g/mol. The van der Waals surface area contributed by atoms with Crippen LogP contribution in [0.2, 0.25) is 0 Å². The van der Waals surface area contributed by atoms with Crippen LogP contribution < -0.4 is 20.7 Å². The molecule has 0 amide bonds. The summed E-state index contributed by atoms with van der Waals surface area (Å²) in [6.07, 6.45) is 0. The number of nitrogens with zero attached hydrogens (tertiary/aromatic N) is 3. The molecule has 4 rings (SSSR count). The van der Waals surface area contributed by atoms with Crippen molar-refractivity contribution in [2.45, 2.75) is 14.7 Å². The SMILES string of the molecule is COS(=O)NCCNc1nc(Nc2ccccc2C(=O)O)nc(Nc2cc(S(=O)(=O)O)cc3cc(S(=O)(=O)O)cc(SOOO)c23)n1. The molecular weight excluding hydrogens is 711 g/mol. The molecule has 0 saturated heterocycles. The molecule has 0 saturated carbocycles. The second-order valence-corrected chi connectivity index (χ2v) is 13.5. The highest BCUT2D eigenvalue weighted by atomic mass is 32.2. The first-order valence-electron chi connectivity index (χ1n) is 12.5. The molecule has 0 aliphatic carbocycles. The minimum Gasteiger partial charge on any atom is -0.478 e. The monoisotopic (exact) mass is 733 g/mol. The Morgan fingerprint density at radius 3 is 2.09 bits per heavy atom. The van der Waals surface area contributed by atoms with Gasteiger partial charge in [-0.25, -0.2) is 19.0 Å². The van der Waals surface area contributed by atoms with Crippen LogP contribution in [0.25, 0.3) is 10.8 Å². The Bertz CT molecular complexity index is 2050. The summed E-state index contributed by atoms with van der Waals surface area (Å²) >= 11 is -1.50. The molecule has 0 fully saturated rings. The number of aromatic nitrogens is 3. The number of aromatic carboxylic acids is 1. The summed E-state index contributed by atoms with van der Waals surface area (Å²) in [6.45, 7) is 0.187. The molecule has 1 heterocycles. The highest BCUT2D eigenvalue weighted by Crippen LogP contribution is 2.39. The summed E-state index contributed by atoms with van der Waals surface area (Å²) in [5, 5.41) is 30.1. The lowest BCUT2D eigenvalue weighted by molar-refractivity contribution is -0.432.